The van der Waals surface area contributed by atoms with Gasteiger partial charge in [-0.1, -0.05) is 6.42 Å². The third kappa shape index (κ3) is 1.84. The molecule has 1 atom stereocenters. The van der Waals surface area contributed by atoms with Gasteiger partial charge in [0.05, 0.1) is 15.5 Å². The molecule has 1 aromatic carbocycles. The normalized spacial score (nSPS) is 17.9. The van der Waals surface area contributed by atoms with E-state index in [2.05, 4.69) is 32.4 Å². The molecule has 0 aliphatic heterocycles. The number of nitrogens with zero attached hydrogens (tertiary/aromatic N) is 1. The Labute approximate surface area is 118 Å². The lowest BCUT2D eigenvalue weighted by Gasteiger charge is -2.32. The molecule has 1 aliphatic carbocycles. The van der Waals surface area contributed by atoms with Crippen molar-refractivity contribution in [3.63, 3.8) is 0 Å². The first-order valence-electron chi connectivity index (χ1n) is 6.17. The number of aromatic nitrogens is 2. The highest BCUT2D eigenvalue weighted by Gasteiger charge is 2.26. The maximum Gasteiger partial charge on any atom is 0.178 e. The number of imidazole rings is 1. The molecular weight excluding hydrogens is 315 g/mol. The molecule has 0 bridgehead atoms. The lowest BCUT2D eigenvalue weighted by Crippen LogP contribution is -2.22. The minimum Gasteiger partial charge on any atom is -0.330 e. The molecule has 0 amide bonds. The van der Waals surface area contributed by atoms with Gasteiger partial charge in [-0.15, -0.1) is 0 Å². The van der Waals surface area contributed by atoms with Gasteiger partial charge in [-0.25, -0.2) is 4.39 Å². The molecule has 1 saturated carbocycles. The van der Waals surface area contributed by atoms with Crippen molar-refractivity contribution in [3.05, 3.63) is 27.2 Å². The summed E-state index contributed by atoms with van der Waals surface area (Å²) in [5.74, 6) is 0.432. The summed E-state index contributed by atoms with van der Waals surface area (Å²) >= 11 is 8.62. The van der Waals surface area contributed by atoms with Crippen molar-refractivity contribution < 1.29 is 4.39 Å². The number of fused-ring (bicyclic) bond motifs is 1. The first-order valence-corrected chi connectivity index (χ1v) is 7.37. The first-order chi connectivity index (χ1) is 8.58. The lowest BCUT2D eigenvalue weighted by atomic mass is 9.80. The Hall–Kier alpha value is -0.680. The number of hydrogen-bond donors (Lipinski definition) is 1. The molecule has 1 aliphatic rings. The molecule has 2 aromatic rings. The number of H-pyrrole nitrogens is 1. The van der Waals surface area contributed by atoms with Crippen LogP contribution < -0.4 is 0 Å². The van der Waals surface area contributed by atoms with Crippen molar-refractivity contribution in [2.45, 2.75) is 32.2 Å². The zero-order valence-electron chi connectivity index (χ0n) is 10.0. The van der Waals surface area contributed by atoms with Crippen LogP contribution in [0.4, 0.5) is 4.39 Å². The fourth-order valence-corrected chi connectivity index (χ4v) is 3.36. The Morgan fingerprint density at radius 2 is 2.22 bits per heavy atom. The van der Waals surface area contributed by atoms with E-state index in [9.17, 15) is 4.39 Å². The van der Waals surface area contributed by atoms with Crippen LogP contribution in [0.15, 0.2) is 16.6 Å². The molecule has 1 heterocycles. The van der Waals surface area contributed by atoms with Crippen molar-refractivity contribution in [1.82, 2.24) is 9.55 Å². The van der Waals surface area contributed by atoms with E-state index in [1.807, 2.05) is 6.07 Å². The number of benzene rings is 1. The second-order valence-electron chi connectivity index (χ2n) is 5.02. The van der Waals surface area contributed by atoms with Gasteiger partial charge in [-0.05, 0) is 59.9 Å². The van der Waals surface area contributed by atoms with E-state index in [1.54, 1.807) is 0 Å². The second kappa shape index (κ2) is 4.46. The summed E-state index contributed by atoms with van der Waals surface area (Å²) in [6.07, 6.45) is 3.83. The zero-order chi connectivity index (χ0) is 12.9. The summed E-state index contributed by atoms with van der Waals surface area (Å²) < 4.78 is 16.8. The predicted molar refractivity (Wildman–Crippen MR) is 76.8 cm³/mol. The van der Waals surface area contributed by atoms with Gasteiger partial charge in [0, 0.05) is 12.1 Å². The Morgan fingerprint density at radius 3 is 2.83 bits per heavy atom. The highest BCUT2D eigenvalue weighted by molar-refractivity contribution is 9.10. The Bertz CT molecular complexity index is 657. The topological polar surface area (TPSA) is 20.7 Å². The molecular formula is C13H14BrFN2S. The van der Waals surface area contributed by atoms with E-state index in [-0.39, 0.29) is 5.82 Å². The molecule has 2 nitrogen and oxygen atoms in total. The number of rotatable bonds is 2. The number of aromatic amines is 1. The minimum absolute atomic E-state index is 0.262. The van der Waals surface area contributed by atoms with Gasteiger partial charge in [-0.3, -0.25) is 0 Å². The van der Waals surface area contributed by atoms with Crippen molar-refractivity contribution in [2.75, 3.05) is 0 Å². The maximum atomic E-state index is 13.5. The van der Waals surface area contributed by atoms with E-state index in [0.717, 1.165) is 11.0 Å². The summed E-state index contributed by atoms with van der Waals surface area (Å²) in [6.45, 7) is 2.20. The van der Waals surface area contributed by atoms with Gasteiger partial charge in [0.25, 0.3) is 0 Å². The van der Waals surface area contributed by atoms with Gasteiger partial charge in [0.2, 0.25) is 0 Å². The van der Waals surface area contributed by atoms with Gasteiger partial charge >= 0.3 is 0 Å². The van der Waals surface area contributed by atoms with Crippen LogP contribution in [-0.4, -0.2) is 9.55 Å². The van der Waals surface area contributed by atoms with E-state index < -0.39 is 0 Å². The molecule has 96 valence electrons. The fourth-order valence-electron chi connectivity index (χ4n) is 2.66. The van der Waals surface area contributed by atoms with Crippen LogP contribution >= 0.6 is 28.1 Å². The van der Waals surface area contributed by atoms with Gasteiger partial charge in [0.1, 0.15) is 5.82 Å². The fraction of sp³-hybridized carbons (Fsp3) is 0.462. The van der Waals surface area contributed by atoms with Crippen molar-refractivity contribution in [1.29, 1.82) is 0 Å². The minimum atomic E-state index is -0.262. The molecule has 18 heavy (non-hydrogen) atoms. The summed E-state index contributed by atoms with van der Waals surface area (Å²) in [6, 6.07) is 3.68. The van der Waals surface area contributed by atoms with Crippen LogP contribution in [0.25, 0.3) is 11.0 Å². The molecule has 0 saturated heterocycles. The summed E-state index contributed by atoms with van der Waals surface area (Å²) in [7, 11) is 0. The monoisotopic (exact) mass is 328 g/mol. The smallest absolute Gasteiger partial charge is 0.178 e. The largest absolute Gasteiger partial charge is 0.330 e. The Morgan fingerprint density at radius 1 is 1.50 bits per heavy atom. The Balaban J connectivity index is 2.18. The lowest BCUT2D eigenvalue weighted by molar-refractivity contribution is 0.224. The van der Waals surface area contributed by atoms with Crippen LogP contribution in [0.3, 0.4) is 0 Å². The van der Waals surface area contributed by atoms with Crippen LogP contribution in [0.2, 0.25) is 0 Å². The molecule has 1 aromatic heterocycles. The highest BCUT2D eigenvalue weighted by atomic mass is 79.9. The van der Waals surface area contributed by atoms with Crippen molar-refractivity contribution >= 4 is 39.2 Å². The van der Waals surface area contributed by atoms with E-state index in [4.69, 9.17) is 12.2 Å². The van der Waals surface area contributed by atoms with Gasteiger partial charge in [0.15, 0.2) is 4.77 Å². The molecule has 0 spiro atoms. The third-order valence-corrected chi connectivity index (χ3v) is 4.90. The predicted octanol–water partition coefficient (Wildman–Crippen LogP) is 4.96. The highest BCUT2D eigenvalue weighted by Crippen LogP contribution is 2.38. The average Bonchev–Trinajstić information content (AvgIpc) is 2.52. The van der Waals surface area contributed by atoms with E-state index in [0.29, 0.717) is 21.2 Å². The third-order valence-electron chi connectivity index (χ3n) is 4.00. The molecule has 1 N–H and O–H groups in total. The quantitative estimate of drug-likeness (QED) is 0.772. The average molecular weight is 329 g/mol. The number of hydrogen-bond acceptors (Lipinski definition) is 1. The molecule has 0 radical (unpaired) electrons. The van der Waals surface area contributed by atoms with Crippen LogP contribution in [0.1, 0.15) is 32.2 Å². The second-order valence-corrected chi connectivity index (χ2v) is 6.26. The standard InChI is InChI=1S/C13H14BrFN2S/c1-7(8-3-2-4-8)17-12-5-9(14)10(15)6-11(12)16-13(17)18/h5-8H,2-4H2,1H3,(H,16,18). The van der Waals surface area contributed by atoms with E-state index in [1.165, 1.54) is 25.3 Å². The van der Waals surface area contributed by atoms with Crippen molar-refractivity contribution in [2.24, 2.45) is 5.92 Å². The van der Waals surface area contributed by atoms with Gasteiger partial charge < -0.3 is 9.55 Å². The Kier molecular flexibility index (Phi) is 3.06. The summed E-state index contributed by atoms with van der Waals surface area (Å²) in [5, 5.41) is 0. The summed E-state index contributed by atoms with van der Waals surface area (Å²) in [4.78, 5) is 3.10. The first kappa shape index (κ1) is 12.4. The molecule has 5 heteroatoms. The van der Waals surface area contributed by atoms with Crippen LogP contribution in [-0.2, 0) is 0 Å². The van der Waals surface area contributed by atoms with Gasteiger partial charge in [-0.2, -0.15) is 0 Å². The molecule has 1 unspecified atom stereocenters. The molecule has 3 rings (SSSR count). The SMILES string of the molecule is CC(C1CCC1)n1c(=S)[nH]c2cc(F)c(Br)cc21. The summed E-state index contributed by atoms with van der Waals surface area (Å²) in [5.41, 5.74) is 1.75. The zero-order valence-corrected chi connectivity index (χ0v) is 12.4. The molecule has 1 fully saturated rings. The number of nitrogens with one attached hydrogen (secondary N) is 1. The van der Waals surface area contributed by atoms with Crippen LogP contribution in [0, 0.1) is 16.5 Å². The van der Waals surface area contributed by atoms with E-state index >= 15 is 0 Å². The van der Waals surface area contributed by atoms with Crippen molar-refractivity contribution in [3.8, 4) is 0 Å². The van der Waals surface area contributed by atoms with Crippen LogP contribution in [0.5, 0.6) is 0 Å². The number of halogens is 2. The maximum absolute atomic E-state index is 13.5.